The average Bonchev–Trinajstić information content (AvgIpc) is 3.33. The Morgan fingerprint density at radius 3 is 3.14 bits per heavy atom. The number of aromatic nitrogens is 3. The van der Waals surface area contributed by atoms with E-state index >= 15 is 0 Å². The molecule has 146 valence electrons. The first-order valence-electron chi connectivity index (χ1n) is 9.25. The first-order valence-corrected chi connectivity index (χ1v) is 10.6. The Bertz CT molecular complexity index is 972. The lowest BCUT2D eigenvalue weighted by atomic mass is 10.2. The van der Waals surface area contributed by atoms with Crippen LogP contribution < -0.4 is 5.32 Å². The van der Waals surface area contributed by atoms with Gasteiger partial charge in [-0.3, -0.25) is 9.78 Å². The van der Waals surface area contributed by atoms with Crippen molar-refractivity contribution in [3.05, 3.63) is 53.3 Å². The summed E-state index contributed by atoms with van der Waals surface area (Å²) in [7, 11) is 0. The summed E-state index contributed by atoms with van der Waals surface area (Å²) in [6.07, 6.45) is 5.64. The minimum atomic E-state index is -0.0525. The van der Waals surface area contributed by atoms with Gasteiger partial charge in [-0.05, 0) is 36.6 Å². The Morgan fingerprint density at radius 2 is 2.32 bits per heavy atom. The third-order valence-corrected chi connectivity index (χ3v) is 5.91. The van der Waals surface area contributed by atoms with Crippen LogP contribution in [0.25, 0.3) is 11.0 Å². The molecule has 0 bridgehead atoms. The minimum Gasteiger partial charge on any atom is -0.376 e. The van der Waals surface area contributed by atoms with E-state index in [4.69, 9.17) is 16.3 Å². The van der Waals surface area contributed by atoms with E-state index in [1.807, 2.05) is 34.9 Å². The Kier molecular flexibility index (Phi) is 6.14. The van der Waals surface area contributed by atoms with Gasteiger partial charge in [-0.15, -0.1) is 0 Å². The number of thioether (sulfide) groups is 1. The van der Waals surface area contributed by atoms with Crippen molar-refractivity contribution in [2.45, 2.75) is 36.4 Å². The van der Waals surface area contributed by atoms with E-state index in [0.29, 0.717) is 11.6 Å². The number of imidazole rings is 1. The van der Waals surface area contributed by atoms with Crippen LogP contribution in [0.4, 0.5) is 0 Å². The molecule has 1 aromatic carbocycles. The lowest BCUT2D eigenvalue weighted by Crippen LogP contribution is -2.34. The van der Waals surface area contributed by atoms with E-state index in [0.717, 1.165) is 47.0 Å². The van der Waals surface area contributed by atoms with Crippen molar-refractivity contribution in [2.24, 2.45) is 0 Å². The molecule has 1 unspecified atom stereocenters. The monoisotopic (exact) mass is 416 g/mol. The zero-order chi connectivity index (χ0) is 19.3. The summed E-state index contributed by atoms with van der Waals surface area (Å²) in [5.74, 6) is 0.665. The van der Waals surface area contributed by atoms with Crippen LogP contribution in [-0.2, 0) is 21.8 Å². The highest BCUT2D eigenvalue weighted by molar-refractivity contribution is 7.98. The quantitative estimate of drug-likeness (QED) is 0.595. The molecule has 1 aliphatic heterocycles. The molecule has 0 saturated carbocycles. The summed E-state index contributed by atoms with van der Waals surface area (Å²) in [5, 5.41) is 4.48. The van der Waals surface area contributed by atoms with Crippen molar-refractivity contribution >= 4 is 40.3 Å². The van der Waals surface area contributed by atoms with E-state index in [1.165, 1.54) is 0 Å². The third kappa shape index (κ3) is 4.66. The highest BCUT2D eigenvalue weighted by Gasteiger charge is 2.18. The van der Waals surface area contributed by atoms with Crippen molar-refractivity contribution in [1.29, 1.82) is 0 Å². The number of nitrogens with zero attached hydrogens (tertiary/aromatic N) is 3. The van der Waals surface area contributed by atoms with Crippen LogP contribution in [-0.4, -0.2) is 39.7 Å². The van der Waals surface area contributed by atoms with E-state index in [2.05, 4.69) is 15.3 Å². The van der Waals surface area contributed by atoms with Gasteiger partial charge in [0, 0.05) is 30.1 Å². The summed E-state index contributed by atoms with van der Waals surface area (Å²) < 4.78 is 7.49. The third-order valence-electron chi connectivity index (χ3n) is 4.63. The molecule has 1 aliphatic rings. The van der Waals surface area contributed by atoms with Crippen LogP contribution >= 0.6 is 23.4 Å². The number of benzene rings is 1. The van der Waals surface area contributed by atoms with Gasteiger partial charge in [-0.2, -0.15) is 0 Å². The predicted molar refractivity (Wildman–Crippen MR) is 111 cm³/mol. The van der Waals surface area contributed by atoms with Gasteiger partial charge in [0.1, 0.15) is 6.54 Å². The molecular weight excluding hydrogens is 396 g/mol. The fraction of sp³-hybridized carbons (Fsp3) is 0.350. The Labute approximate surface area is 172 Å². The van der Waals surface area contributed by atoms with Crippen molar-refractivity contribution in [3.63, 3.8) is 0 Å². The number of nitrogens with one attached hydrogen (secondary N) is 1. The summed E-state index contributed by atoms with van der Waals surface area (Å²) in [6, 6.07) is 9.62. The van der Waals surface area contributed by atoms with E-state index < -0.39 is 0 Å². The average molecular weight is 417 g/mol. The van der Waals surface area contributed by atoms with Gasteiger partial charge in [-0.1, -0.05) is 35.5 Å². The first kappa shape index (κ1) is 19.2. The maximum absolute atomic E-state index is 12.5. The van der Waals surface area contributed by atoms with Crippen LogP contribution in [0.2, 0.25) is 5.02 Å². The van der Waals surface area contributed by atoms with Crippen LogP contribution in [0.3, 0.4) is 0 Å². The Morgan fingerprint density at radius 1 is 1.39 bits per heavy atom. The SMILES string of the molecule is O=C(Cn1c(SCc2cccc(Cl)c2)nc2ccncc21)NCC1CCCO1. The number of hydrogen-bond acceptors (Lipinski definition) is 5. The van der Waals surface area contributed by atoms with Crippen molar-refractivity contribution in [2.75, 3.05) is 13.2 Å². The van der Waals surface area contributed by atoms with Gasteiger partial charge in [-0.25, -0.2) is 4.98 Å². The molecule has 1 saturated heterocycles. The zero-order valence-electron chi connectivity index (χ0n) is 15.3. The van der Waals surface area contributed by atoms with Gasteiger partial charge in [0.05, 0.1) is 23.3 Å². The molecule has 2 aromatic heterocycles. The highest BCUT2D eigenvalue weighted by Crippen LogP contribution is 2.27. The predicted octanol–water partition coefficient (Wildman–Crippen LogP) is 3.67. The summed E-state index contributed by atoms with van der Waals surface area (Å²) in [5.41, 5.74) is 2.79. The number of pyridine rings is 1. The smallest absolute Gasteiger partial charge is 0.240 e. The van der Waals surface area contributed by atoms with Gasteiger partial charge >= 0.3 is 0 Å². The topological polar surface area (TPSA) is 69.0 Å². The van der Waals surface area contributed by atoms with E-state index in [-0.39, 0.29) is 18.6 Å². The molecule has 6 nitrogen and oxygen atoms in total. The van der Waals surface area contributed by atoms with Crippen molar-refractivity contribution in [1.82, 2.24) is 19.9 Å². The number of fused-ring (bicyclic) bond motifs is 1. The molecule has 1 atom stereocenters. The van der Waals surface area contributed by atoms with Gasteiger partial charge in [0.2, 0.25) is 5.91 Å². The summed E-state index contributed by atoms with van der Waals surface area (Å²) in [6.45, 7) is 1.53. The van der Waals surface area contributed by atoms with Gasteiger partial charge in [0.15, 0.2) is 5.16 Å². The maximum atomic E-state index is 12.5. The molecule has 4 rings (SSSR count). The number of amides is 1. The summed E-state index contributed by atoms with van der Waals surface area (Å²) >= 11 is 7.66. The van der Waals surface area contributed by atoms with Crippen LogP contribution in [0.1, 0.15) is 18.4 Å². The number of carbonyl (C=O) groups is 1. The zero-order valence-corrected chi connectivity index (χ0v) is 16.9. The molecule has 0 spiro atoms. The normalized spacial score (nSPS) is 16.5. The maximum Gasteiger partial charge on any atom is 0.240 e. The molecule has 3 heterocycles. The lowest BCUT2D eigenvalue weighted by Gasteiger charge is -2.12. The molecule has 1 fully saturated rings. The highest BCUT2D eigenvalue weighted by atomic mass is 35.5. The molecule has 1 amide bonds. The largest absolute Gasteiger partial charge is 0.376 e. The van der Waals surface area contributed by atoms with Crippen LogP contribution in [0.5, 0.6) is 0 Å². The molecule has 8 heteroatoms. The first-order chi connectivity index (χ1) is 13.7. The van der Waals surface area contributed by atoms with Gasteiger partial charge < -0.3 is 14.6 Å². The van der Waals surface area contributed by atoms with Crippen LogP contribution in [0, 0.1) is 0 Å². The number of halogens is 1. The second kappa shape index (κ2) is 8.94. The molecule has 28 heavy (non-hydrogen) atoms. The van der Waals surface area contributed by atoms with Crippen molar-refractivity contribution < 1.29 is 9.53 Å². The Hall–Kier alpha value is -2.09. The Balaban J connectivity index is 1.48. The fourth-order valence-corrected chi connectivity index (χ4v) is 4.39. The molecular formula is C20H21ClN4O2S. The van der Waals surface area contributed by atoms with Crippen LogP contribution in [0.15, 0.2) is 47.9 Å². The molecule has 0 aliphatic carbocycles. The number of rotatable bonds is 7. The second-order valence-electron chi connectivity index (χ2n) is 6.70. The lowest BCUT2D eigenvalue weighted by molar-refractivity contribution is -0.122. The standard InChI is InChI=1S/C20H21ClN4O2S/c21-15-4-1-3-14(9-15)13-28-20-24-17-6-7-22-11-18(17)25(20)12-19(26)23-10-16-5-2-8-27-16/h1,3-4,6-7,9,11,16H,2,5,8,10,12-13H2,(H,23,26). The molecule has 1 N–H and O–H groups in total. The number of ether oxygens (including phenoxy) is 1. The molecule has 0 radical (unpaired) electrons. The van der Waals surface area contributed by atoms with E-state index in [9.17, 15) is 4.79 Å². The minimum absolute atomic E-state index is 0.0525. The van der Waals surface area contributed by atoms with Gasteiger partial charge in [0.25, 0.3) is 0 Å². The van der Waals surface area contributed by atoms with Crippen molar-refractivity contribution in [3.8, 4) is 0 Å². The van der Waals surface area contributed by atoms with E-state index in [1.54, 1.807) is 24.2 Å². The number of carbonyl (C=O) groups excluding carboxylic acids is 1. The molecule has 3 aromatic rings. The fourth-order valence-electron chi connectivity index (χ4n) is 3.22. The number of hydrogen-bond donors (Lipinski definition) is 1. The summed E-state index contributed by atoms with van der Waals surface area (Å²) in [4.78, 5) is 21.4. The second-order valence-corrected chi connectivity index (χ2v) is 8.08.